The predicted molar refractivity (Wildman–Crippen MR) is 346 cm³/mol. The number of phenols is 4. The van der Waals surface area contributed by atoms with Gasteiger partial charge in [0.05, 0.1) is 37.1 Å². The molecule has 0 saturated carbocycles. The molecule has 35 nitrogen and oxygen atoms in total. The Morgan fingerprint density at radius 3 is 1.36 bits per heavy atom. The van der Waals surface area contributed by atoms with Gasteiger partial charge in [-0.3, -0.25) is 4.79 Å². The van der Waals surface area contributed by atoms with Gasteiger partial charge in [0, 0.05) is 29.8 Å². The molecule has 5 aromatic rings. The number of aliphatic hydroxyl groups excluding tert-OH is 13. The summed E-state index contributed by atoms with van der Waals surface area (Å²) in [6, 6.07) is 18.0. The molecule has 6 saturated heterocycles. The summed E-state index contributed by atoms with van der Waals surface area (Å²) in [7, 11) is 0. The Morgan fingerprint density at radius 2 is 0.837 bits per heavy atom. The fourth-order valence-electron chi connectivity index (χ4n) is 12.5. The molecule has 6 fully saturated rings. The average Bonchev–Trinajstić information content (AvgIpc) is 0.752. The average molecular weight is 1470 g/mol. The van der Waals surface area contributed by atoms with Crippen molar-refractivity contribution in [1.29, 1.82) is 0 Å². The van der Waals surface area contributed by atoms with E-state index in [0.717, 1.165) is 24.3 Å². The number of carbonyl (C=O) groups excluding carboxylic acids is 2. The molecule has 30 atom stereocenters. The quantitative estimate of drug-likeness (QED) is 0.0285. The SMILES string of the molecule is C[C@@H]1O[C@@H](OC[C@H]2O[C@@H](Oc3c(-c4ccc(O)cc4)oc4cc(O[C@@H]5O[C@@H](C)[C@H](OC(=O)/C=C/c6ccc(O)cc6)[C@@H](O[C@@H]6O[C@@H](C)[C@H](O)[C@@H](O[C@@H]7O[C@@H](C)[C@H](O)[C@@H](O)[C@H]7O)[C@H]6O)[C@H]5O)cc(O)c4c3=O)[C@H](OC(=O)/C=C/c3ccc(O)cc3)[C@@H](O[C@@H]3O[C@@H](C)[C@H](O)[C@@H](O)[C@H]3O)[C@@H]2O)[C@H](O)[C@H](O)[C@H]1O. The standard InChI is InChI=1S/C69H82O35/c1-25-43(76)49(82)52(85)64(91-25)90-24-39-47(80)60(102-66-54(87)51(84)45(78)27(3)93-66)63(100-41(75)21-11-31-8-16-34(71)17-9-31)69(98-39)104-61-48(81)42-37(73)22-36(23-38(42)97-58(61)32-12-18-35(72)19-13-32)96-67-56(89)62(57(29(5)95-67)99-40(74)20-10-30-6-14-33(70)15-7-30)103-68-55(88)59(46(79)28(4)94-68)101-65-53(86)50(83)44(77)26(2)92-65/h6-23,25-29,39,43-47,49-57,59-60,62-73,76-80,82-89H,24H2,1-5H3/b20-10+,21-11+/t25-,26-,27-,28-,29-,39+,43-,44-,45-,46-,47+,49+,50+,51+,52+,53+,54+,55+,56+,57-,59+,60-,62-,63+,64+,65-,66-,67-,68-,69-/m0/s1. The minimum absolute atomic E-state index is 0.0596. The molecule has 4 aromatic carbocycles. The zero-order valence-corrected chi connectivity index (χ0v) is 55.9. The molecule has 11 rings (SSSR count). The third-order valence-corrected chi connectivity index (χ3v) is 18.5. The number of phenolic OH excluding ortho intramolecular Hbond substituents is 4. The molecular formula is C69H82O35. The highest BCUT2D eigenvalue weighted by Crippen LogP contribution is 2.42. The van der Waals surface area contributed by atoms with E-state index >= 15 is 4.79 Å². The normalized spacial score (nSPS) is 38.4. The fraction of sp³-hybridized carbons (Fsp3) is 0.522. The summed E-state index contributed by atoms with van der Waals surface area (Å²) in [5, 5.41) is 186. The second-order valence-corrected chi connectivity index (χ2v) is 25.9. The summed E-state index contributed by atoms with van der Waals surface area (Å²) in [4.78, 5) is 43.2. The zero-order valence-electron chi connectivity index (χ0n) is 55.9. The molecule has 35 heteroatoms. The first kappa shape index (κ1) is 77.5. The number of aromatic hydroxyl groups is 4. The van der Waals surface area contributed by atoms with Gasteiger partial charge in [-0.15, -0.1) is 0 Å². The third kappa shape index (κ3) is 16.8. The Kier molecular flexibility index (Phi) is 24.3. The van der Waals surface area contributed by atoms with Crippen molar-refractivity contribution in [2.24, 2.45) is 0 Å². The molecule has 0 bridgehead atoms. The molecule has 7 heterocycles. The van der Waals surface area contributed by atoms with E-state index in [-0.39, 0.29) is 22.8 Å². The van der Waals surface area contributed by atoms with E-state index in [9.17, 15) is 96.4 Å². The second-order valence-electron chi connectivity index (χ2n) is 25.9. The molecule has 6 aliphatic rings. The van der Waals surface area contributed by atoms with Crippen LogP contribution in [0.25, 0.3) is 34.4 Å². The Morgan fingerprint density at radius 1 is 0.413 bits per heavy atom. The van der Waals surface area contributed by atoms with Gasteiger partial charge in [-0.05, 0) is 106 Å². The van der Waals surface area contributed by atoms with Gasteiger partial charge in [0.1, 0.15) is 143 Å². The topological polar surface area (TPSA) is 537 Å². The highest BCUT2D eigenvalue weighted by atomic mass is 16.8. The maximum absolute atomic E-state index is 15.4. The lowest BCUT2D eigenvalue weighted by atomic mass is 9.96. The van der Waals surface area contributed by atoms with Crippen LogP contribution in [-0.4, -0.2) is 290 Å². The Labute approximate surface area is 590 Å². The predicted octanol–water partition coefficient (Wildman–Crippen LogP) is -2.40. The lowest BCUT2D eigenvalue weighted by Gasteiger charge is -2.48. The lowest BCUT2D eigenvalue weighted by Crippen LogP contribution is -2.66. The van der Waals surface area contributed by atoms with E-state index in [1.807, 2.05) is 0 Å². The fourth-order valence-corrected chi connectivity index (χ4v) is 12.5. The number of ether oxygens (including phenoxy) is 14. The molecule has 0 amide bonds. The van der Waals surface area contributed by atoms with Crippen LogP contribution in [-0.2, 0) is 66.4 Å². The summed E-state index contributed by atoms with van der Waals surface area (Å²) in [5.41, 5.74) is -1.02. The van der Waals surface area contributed by atoms with Crippen LogP contribution in [0, 0.1) is 0 Å². The van der Waals surface area contributed by atoms with Gasteiger partial charge in [-0.2, -0.15) is 0 Å². The van der Waals surface area contributed by atoms with Gasteiger partial charge in [-0.25, -0.2) is 9.59 Å². The zero-order chi connectivity index (χ0) is 75.0. The van der Waals surface area contributed by atoms with Gasteiger partial charge in [-0.1, -0.05) is 24.3 Å². The summed E-state index contributed by atoms with van der Waals surface area (Å²) in [5.74, 6) is -5.52. The van der Waals surface area contributed by atoms with Crippen molar-refractivity contribution in [1.82, 2.24) is 0 Å². The third-order valence-electron chi connectivity index (χ3n) is 18.5. The van der Waals surface area contributed by atoms with Gasteiger partial charge in [0.15, 0.2) is 43.1 Å². The van der Waals surface area contributed by atoms with E-state index in [1.54, 1.807) is 0 Å². The first-order valence-electron chi connectivity index (χ1n) is 33.0. The molecule has 104 heavy (non-hydrogen) atoms. The maximum atomic E-state index is 15.4. The molecule has 1 aromatic heterocycles. The number of benzene rings is 4. The molecule has 568 valence electrons. The molecule has 0 unspecified atom stereocenters. The molecule has 17 N–H and O–H groups in total. The monoisotopic (exact) mass is 1470 g/mol. The van der Waals surface area contributed by atoms with Crippen molar-refractivity contribution in [3.8, 4) is 45.8 Å². The van der Waals surface area contributed by atoms with Crippen LogP contribution in [0.3, 0.4) is 0 Å². The number of esters is 2. The van der Waals surface area contributed by atoms with Crippen molar-refractivity contribution < 1.29 is 167 Å². The Bertz CT molecular complexity index is 3860. The van der Waals surface area contributed by atoms with Gasteiger partial charge >= 0.3 is 11.9 Å². The van der Waals surface area contributed by atoms with Crippen LogP contribution in [0.15, 0.2) is 106 Å². The number of hydrogen-bond donors (Lipinski definition) is 17. The van der Waals surface area contributed by atoms with E-state index in [4.69, 9.17) is 70.7 Å². The highest BCUT2D eigenvalue weighted by molar-refractivity contribution is 5.89. The number of fused-ring (bicyclic) bond motifs is 1. The summed E-state index contributed by atoms with van der Waals surface area (Å²) in [6.07, 6.45) is -48.7. The van der Waals surface area contributed by atoms with Crippen molar-refractivity contribution in [3.05, 3.63) is 118 Å². The Balaban J connectivity index is 0.946. The maximum Gasteiger partial charge on any atom is 0.331 e. The lowest BCUT2D eigenvalue weighted by molar-refractivity contribution is -0.372. The molecule has 0 spiro atoms. The van der Waals surface area contributed by atoms with E-state index in [2.05, 4.69) is 0 Å². The summed E-state index contributed by atoms with van der Waals surface area (Å²) in [6.45, 7) is 5.90. The first-order chi connectivity index (χ1) is 49.3. The van der Waals surface area contributed by atoms with E-state index < -0.39 is 242 Å². The van der Waals surface area contributed by atoms with Crippen molar-refractivity contribution in [2.45, 2.75) is 219 Å². The second kappa shape index (κ2) is 32.6. The van der Waals surface area contributed by atoms with Gasteiger partial charge in [0.25, 0.3) is 0 Å². The van der Waals surface area contributed by atoms with Crippen LogP contribution in [0.4, 0.5) is 0 Å². The van der Waals surface area contributed by atoms with Gasteiger partial charge < -0.3 is 158 Å². The van der Waals surface area contributed by atoms with Crippen molar-refractivity contribution >= 4 is 35.1 Å². The number of hydrogen-bond acceptors (Lipinski definition) is 35. The van der Waals surface area contributed by atoms with Crippen LogP contribution < -0.4 is 14.9 Å². The van der Waals surface area contributed by atoms with Crippen molar-refractivity contribution in [3.63, 3.8) is 0 Å². The highest BCUT2D eigenvalue weighted by Gasteiger charge is 2.57. The molecule has 0 aliphatic carbocycles. The summed E-state index contributed by atoms with van der Waals surface area (Å²) < 4.78 is 90.2. The largest absolute Gasteiger partial charge is 0.508 e. The number of aliphatic hydroxyl groups is 13. The van der Waals surface area contributed by atoms with Crippen LogP contribution in [0.2, 0.25) is 0 Å². The first-order valence-corrected chi connectivity index (χ1v) is 33.0. The molecular weight excluding hydrogens is 1390 g/mol. The summed E-state index contributed by atoms with van der Waals surface area (Å²) >= 11 is 0. The minimum Gasteiger partial charge on any atom is -0.508 e. The van der Waals surface area contributed by atoms with Gasteiger partial charge in [0.2, 0.25) is 23.8 Å². The minimum atomic E-state index is -2.25. The van der Waals surface area contributed by atoms with Crippen LogP contribution in [0.1, 0.15) is 45.7 Å². The smallest absolute Gasteiger partial charge is 0.331 e. The van der Waals surface area contributed by atoms with E-state index in [1.165, 1.54) is 120 Å². The molecule has 0 radical (unpaired) electrons. The van der Waals surface area contributed by atoms with Crippen molar-refractivity contribution in [2.75, 3.05) is 6.61 Å². The number of carbonyl (C=O) groups is 2. The number of rotatable bonds is 20. The molecule has 6 aliphatic heterocycles. The van der Waals surface area contributed by atoms with E-state index in [0.29, 0.717) is 11.1 Å². The van der Waals surface area contributed by atoms with Crippen LogP contribution >= 0.6 is 0 Å². The Hall–Kier alpha value is -7.61. The van der Waals surface area contributed by atoms with Crippen LogP contribution in [0.5, 0.6) is 34.5 Å².